The first-order chi connectivity index (χ1) is 6.35. The largest absolute Gasteiger partial charge is 0.361 e. The lowest BCUT2D eigenvalue weighted by Crippen LogP contribution is -1.94. The molecule has 68 valence electrons. The fraction of sp³-hybridized carbons (Fsp3) is 0.200. The van der Waals surface area contributed by atoms with Crippen molar-refractivity contribution < 1.29 is 0 Å². The number of nitrogens with one attached hydrogen (secondary N) is 1. The van der Waals surface area contributed by atoms with Crippen molar-refractivity contribution >= 4 is 22.5 Å². The average molecular weight is 195 g/mol. The van der Waals surface area contributed by atoms with Gasteiger partial charge in [-0.25, -0.2) is 0 Å². The van der Waals surface area contributed by atoms with Gasteiger partial charge in [-0.1, -0.05) is 6.07 Å². The Balaban J connectivity index is 2.64. The molecule has 2 aromatic rings. The number of fused-ring (bicyclic) bond motifs is 1. The van der Waals surface area contributed by atoms with Crippen molar-refractivity contribution in [1.29, 1.82) is 0 Å². The Kier molecular flexibility index (Phi) is 2.25. The van der Waals surface area contributed by atoms with Gasteiger partial charge in [-0.3, -0.25) is 0 Å². The van der Waals surface area contributed by atoms with Gasteiger partial charge in [0.1, 0.15) is 0 Å². The molecular weight excluding hydrogens is 184 g/mol. The van der Waals surface area contributed by atoms with Crippen LogP contribution in [0.2, 0.25) is 0 Å². The van der Waals surface area contributed by atoms with Gasteiger partial charge in [-0.05, 0) is 23.3 Å². The summed E-state index contributed by atoms with van der Waals surface area (Å²) in [6, 6.07) is 6.14. The lowest BCUT2D eigenvalue weighted by Gasteiger charge is -1.97. The molecule has 0 bridgehead atoms. The molecule has 0 aliphatic carbocycles. The van der Waals surface area contributed by atoms with Gasteiger partial charge in [0, 0.05) is 29.5 Å². The van der Waals surface area contributed by atoms with Gasteiger partial charge >= 0.3 is 0 Å². The minimum atomic E-state index is 0.547. The summed E-state index contributed by atoms with van der Waals surface area (Å²) in [5.74, 6) is 0.547. The molecule has 0 saturated heterocycles. The number of hydrogen-bond acceptors (Lipinski definition) is 1. The van der Waals surface area contributed by atoms with Crippen molar-refractivity contribution in [2.45, 2.75) is 12.4 Å². The van der Waals surface area contributed by atoms with E-state index in [1.165, 1.54) is 5.39 Å². The number of halogens is 1. The molecular formula is C10H11ClN2. The van der Waals surface area contributed by atoms with Crippen LogP contribution in [0, 0.1) is 0 Å². The minimum absolute atomic E-state index is 0.547. The molecule has 1 aromatic carbocycles. The first-order valence-corrected chi connectivity index (χ1v) is 4.73. The molecule has 0 aliphatic heterocycles. The molecule has 3 heteroatoms. The van der Waals surface area contributed by atoms with Crippen molar-refractivity contribution in [3.8, 4) is 0 Å². The van der Waals surface area contributed by atoms with E-state index in [1.807, 2.05) is 18.3 Å². The summed E-state index contributed by atoms with van der Waals surface area (Å²) < 4.78 is 0. The normalized spacial score (nSPS) is 10.9. The number of H-pyrrole nitrogens is 1. The third-order valence-corrected chi connectivity index (χ3v) is 2.51. The van der Waals surface area contributed by atoms with Crippen LogP contribution >= 0.6 is 11.6 Å². The number of aromatic amines is 1. The van der Waals surface area contributed by atoms with Crippen molar-refractivity contribution in [2.24, 2.45) is 5.73 Å². The van der Waals surface area contributed by atoms with Crippen LogP contribution in [0.25, 0.3) is 10.9 Å². The lowest BCUT2D eigenvalue weighted by molar-refractivity contribution is 1.08. The third-order valence-electron chi connectivity index (χ3n) is 2.21. The van der Waals surface area contributed by atoms with Crippen LogP contribution < -0.4 is 5.73 Å². The van der Waals surface area contributed by atoms with Crippen LogP contribution in [0.5, 0.6) is 0 Å². The van der Waals surface area contributed by atoms with Crippen LogP contribution in [0.3, 0.4) is 0 Å². The lowest BCUT2D eigenvalue weighted by atomic mass is 10.1. The molecule has 2 nitrogen and oxygen atoms in total. The molecule has 13 heavy (non-hydrogen) atoms. The highest BCUT2D eigenvalue weighted by atomic mass is 35.5. The first kappa shape index (κ1) is 8.60. The van der Waals surface area contributed by atoms with E-state index in [0.717, 1.165) is 16.6 Å². The molecule has 0 amide bonds. The quantitative estimate of drug-likeness (QED) is 0.709. The summed E-state index contributed by atoms with van der Waals surface area (Å²) in [6.07, 6.45) is 1.95. The molecule has 1 aromatic heterocycles. The van der Waals surface area contributed by atoms with Gasteiger partial charge < -0.3 is 10.7 Å². The van der Waals surface area contributed by atoms with Gasteiger partial charge in [0.25, 0.3) is 0 Å². The van der Waals surface area contributed by atoms with E-state index in [9.17, 15) is 0 Å². The predicted octanol–water partition coefficient (Wildman–Crippen LogP) is 2.37. The number of nitrogens with two attached hydrogens (primary N) is 1. The summed E-state index contributed by atoms with van der Waals surface area (Å²) in [4.78, 5) is 3.17. The second-order valence-electron chi connectivity index (χ2n) is 3.03. The predicted molar refractivity (Wildman–Crippen MR) is 55.7 cm³/mol. The van der Waals surface area contributed by atoms with Gasteiger partial charge in [-0.2, -0.15) is 0 Å². The molecule has 0 atom stereocenters. The Morgan fingerprint density at radius 2 is 2.23 bits per heavy atom. The Morgan fingerprint density at radius 1 is 1.38 bits per heavy atom. The highest BCUT2D eigenvalue weighted by Crippen LogP contribution is 2.20. The van der Waals surface area contributed by atoms with E-state index in [2.05, 4.69) is 11.1 Å². The summed E-state index contributed by atoms with van der Waals surface area (Å²) in [7, 11) is 0. The van der Waals surface area contributed by atoms with E-state index in [4.69, 9.17) is 17.3 Å². The van der Waals surface area contributed by atoms with E-state index >= 15 is 0 Å². The van der Waals surface area contributed by atoms with Crippen LogP contribution in [0.4, 0.5) is 0 Å². The fourth-order valence-corrected chi connectivity index (χ4v) is 1.64. The molecule has 1 heterocycles. The fourth-order valence-electron chi connectivity index (χ4n) is 1.48. The van der Waals surface area contributed by atoms with Crippen LogP contribution in [0.1, 0.15) is 11.1 Å². The topological polar surface area (TPSA) is 41.8 Å². The van der Waals surface area contributed by atoms with Gasteiger partial charge in [0.05, 0.1) is 0 Å². The van der Waals surface area contributed by atoms with Crippen LogP contribution in [0.15, 0.2) is 24.4 Å². The van der Waals surface area contributed by atoms with Gasteiger partial charge in [0.2, 0.25) is 0 Å². The maximum atomic E-state index is 5.75. The zero-order valence-corrected chi connectivity index (χ0v) is 7.93. The average Bonchev–Trinajstić information content (AvgIpc) is 2.59. The monoisotopic (exact) mass is 194 g/mol. The van der Waals surface area contributed by atoms with Crippen molar-refractivity contribution in [3.05, 3.63) is 35.5 Å². The Bertz CT molecular complexity index is 420. The maximum Gasteiger partial charge on any atom is 0.0474 e. The van der Waals surface area contributed by atoms with Crippen molar-refractivity contribution in [3.63, 3.8) is 0 Å². The van der Waals surface area contributed by atoms with Crippen molar-refractivity contribution in [1.82, 2.24) is 4.98 Å². The molecule has 3 N–H and O–H groups in total. The number of aromatic nitrogens is 1. The zero-order valence-electron chi connectivity index (χ0n) is 7.18. The number of hydrogen-bond donors (Lipinski definition) is 2. The molecule has 0 spiro atoms. The Morgan fingerprint density at radius 3 is 2.92 bits per heavy atom. The molecule has 0 radical (unpaired) electrons. The molecule has 0 fully saturated rings. The van der Waals surface area contributed by atoms with E-state index in [-0.39, 0.29) is 0 Å². The highest BCUT2D eigenvalue weighted by molar-refractivity contribution is 6.17. The molecule has 0 unspecified atom stereocenters. The van der Waals surface area contributed by atoms with Gasteiger partial charge in [0.15, 0.2) is 0 Å². The molecule has 0 saturated carbocycles. The highest BCUT2D eigenvalue weighted by Gasteiger charge is 2.01. The number of alkyl halides is 1. The molecule has 0 aliphatic rings. The SMILES string of the molecule is NCc1c[nH]c2ccc(CCl)cc12. The van der Waals surface area contributed by atoms with E-state index in [0.29, 0.717) is 12.4 Å². The Hall–Kier alpha value is -0.990. The molecule has 2 rings (SSSR count). The smallest absolute Gasteiger partial charge is 0.0474 e. The van der Waals surface area contributed by atoms with Crippen molar-refractivity contribution in [2.75, 3.05) is 0 Å². The number of rotatable bonds is 2. The van der Waals surface area contributed by atoms with Crippen LogP contribution in [-0.2, 0) is 12.4 Å². The summed E-state index contributed by atoms with van der Waals surface area (Å²) >= 11 is 5.75. The van der Waals surface area contributed by atoms with Crippen LogP contribution in [-0.4, -0.2) is 4.98 Å². The second-order valence-corrected chi connectivity index (χ2v) is 3.30. The Labute approximate surface area is 81.7 Å². The summed E-state index contributed by atoms with van der Waals surface area (Å²) in [5.41, 5.74) is 8.99. The zero-order chi connectivity index (χ0) is 9.26. The standard InChI is InChI=1S/C10H11ClN2/c11-4-7-1-2-10-9(3-7)8(5-12)6-13-10/h1-3,6,13H,4-5,12H2. The number of benzene rings is 1. The second kappa shape index (κ2) is 3.40. The third kappa shape index (κ3) is 1.43. The van der Waals surface area contributed by atoms with E-state index in [1.54, 1.807) is 0 Å². The minimum Gasteiger partial charge on any atom is -0.361 e. The summed E-state index contributed by atoms with van der Waals surface area (Å²) in [6.45, 7) is 0.561. The summed E-state index contributed by atoms with van der Waals surface area (Å²) in [5, 5.41) is 1.18. The first-order valence-electron chi connectivity index (χ1n) is 4.20. The van der Waals surface area contributed by atoms with Gasteiger partial charge in [-0.15, -0.1) is 11.6 Å². The maximum absolute atomic E-state index is 5.75. The van der Waals surface area contributed by atoms with E-state index < -0.39 is 0 Å².